The third kappa shape index (κ3) is 5.90. The van der Waals surface area contributed by atoms with Gasteiger partial charge in [-0.2, -0.15) is 0 Å². The molecule has 1 aliphatic rings. The lowest BCUT2D eigenvalue weighted by molar-refractivity contribution is 0.309. The average molecular weight is 343 g/mol. The van der Waals surface area contributed by atoms with Gasteiger partial charge in [0, 0.05) is 44.0 Å². The van der Waals surface area contributed by atoms with Crippen LogP contribution in [0, 0.1) is 5.92 Å². The highest BCUT2D eigenvalue weighted by Crippen LogP contribution is 2.23. The molecule has 132 valence electrons. The van der Waals surface area contributed by atoms with Crippen LogP contribution >= 0.6 is 0 Å². The molecule has 1 aromatic heterocycles. The molecule has 1 aromatic rings. The Hall–Kier alpha value is -0.920. The van der Waals surface area contributed by atoms with Crippen LogP contribution < -0.4 is 4.72 Å². The Balaban J connectivity index is 1.94. The van der Waals surface area contributed by atoms with E-state index in [2.05, 4.69) is 33.4 Å². The molecule has 6 nitrogen and oxygen atoms in total. The Labute approximate surface area is 140 Å². The maximum absolute atomic E-state index is 11.6. The molecular weight excluding hydrogens is 312 g/mol. The van der Waals surface area contributed by atoms with E-state index in [1.165, 1.54) is 12.7 Å². The minimum Gasteiger partial charge on any atom is -0.345 e. The fourth-order valence-corrected chi connectivity index (χ4v) is 4.18. The first-order valence-corrected chi connectivity index (χ1v) is 10.5. The van der Waals surface area contributed by atoms with E-state index in [-0.39, 0.29) is 6.04 Å². The summed E-state index contributed by atoms with van der Waals surface area (Å²) in [5, 5.41) is 0. The smallest absolute Gasteiger partial charge is 0.209 e. The number of H-pyrrole nitrogens is 1. The summed E-state index contributed by atoms with van der Waals surface area (Å²) in [6, 6.07) is 0.0208. The summed E-state index contributed by atoms with van der Waals surface area (Å²) in [5.41, 5.74) is 1.12. The lowest BCUT2D eigenvalue weighted by Gasteiger charge is -2.17. The first-order valence-electron chi connectivity index (χ1n) is 8.63. The van der Waals surface area contributed by atoms with Crippen molar-refractivity contribution in [3.63, 3.8) is 0 Å². The van der Waals surface area contributed by atoms with Crippen LogP contribution in [0.5, 0.6) is 0 Å². The number of rotatable bonds is 9. The van der Waals surface area contributed by atoms with E-state index in [4.69, 9.17) is 0 Å². The molecule has 0 aliphatic carbocycles. The molecule has 0 spiro atoms. The number of nitrogens with zero attached hydrogens (tertiary/aromatic N) is 2. The SMILES string of the molecule is CCCCc1ncc(CN2C[C@H](CCC)[C@@H](NS(C)(=O)=O)C2)[nH]1. The molecular formula is C16H30N4O2S. The van der Waals surface area contributed by atoms with Crippen molar-refractivity contribution >= 4 is 10.0 Å². The lowest BCUT2D eigenvalue weighted by atomic mass is 9.99. The molecule has 2 heterocycles. The molecule has 23 heavy (non-hydrogen) atoms. The second-order valence-electron chi connectivity index (χ2n) is 6.70. The summed E-state index contributed by atoms with van der Waals surface area (Å²) in [7, 11) is -3.16. The van der Waals surface area contributed by atoms with Crippen molar-refractivity contribution in [2.45, 2.75) is 58.5 Å². The molecule has 0 aromatic carbocycles. The molecule has 2 atom stereocenters. The largest absolute Gasteiger partial charge is 0.345 e. The Morgan fingerprint density at radius 1 is 1.35 bits per heavy atom. The predicted molar refractivity (Wildman–Crippen MR) is 92.6 cm³/mol. The number of aromatic nitrogens is 2. The fraction of sp³-hybridized carbons (Fsp3) is 0.812. The van der Waals surface area contributed by atoms with E-state index in [0.717, 1.165) is 56.8 Å². The number of unbranched alkanes of at least 4 members (excludes halogenated alkanes) is 1. The Morgan fingerprint density at radius 2 is 2.13 bits per heavy atom. The molecule has 0 amide bonds. The molecule has 1 aliphatic heterocycles. The van der Waals surface area contributed by atoms with Crippen molar-refractivity contribution < 1.29 is 8.42 Å². The molecule has 7 heteroatoms. The number of sulfonamides is 1. The Bertz CT molecular complexity index is 585. The van der Waals surface area contributed by atoms with Crippen LogP contribution in [0.15, 0.2) is 6.20 Å². The summed E-state index contributed by atoms with van der Waals surface area (Å²) in [5.74, 6) is 1.44. The van der Waals surface area contributed by atoms with Crippen LogP contribution in [-0.4, -0.2) is 48.7 Å². The minimum absolute atomic E-state index is 0.0208. The van der Waals surface area contributed by atoms with Gasteiger partial charge in [-0.05, 0) is 18.8 Å². The normalized spacial score (nSPS) is 22.7. The number of likely N-dealkylation sites (tertiary alicyclic amines) is 1. The number of nitrogens with one attached hydrogen (secondary N) is 2. The van der Waals surface area contributed by atoms with Crippen molar-refractivity contribution in [2.75, 3.05) is 19.3 Å². The van der Waals surface area contributed by atoms with Gasteiger partial charge >= 0.3 is 0 Å². The second-order valence-corrected chi connectivity index (χ2v) is 8.48. The molecule has 2 N–H and O–H groups in total. The van der Waals surface area contributed by atoms with Gasteiger partial charge in [0.15, 0.2) is 0 Å². The molecule has 0 saturated carbocycles. The number of hydrogen-bond donors (Lipinski definition) is 2. The first-order chi connectivity index (χ1) is 10.9. The topological polar surface area (TPSA) is 78.1 Å². The highest BCUT2D eigenvalue weighted by Gasteiger charge is 2.33. The average Bonchev–Trinajstić information content (AvgIpc) is 3.03. The van der Waals surface area contributed by atoms with Crippen molar-refractivity contribution in [3.8, 4) is 0 Å². The Kier molecular flexibility index (Phi) is 6.61. The lowest BCUT2D eigenvalue weighted by Crippen LogP contribution is -2.39. The summed E-state index contributed by atoms with van der Waals surface area (Å²) >= 11 is 0. The third-order valence-corrected chi connectivity index (χ3v) is 5.11. The van der Waals surface area contributed by atoms with Crippen LogP contribution in [0.1, 0.15) is 51.0 Å². The highest BCUT2D eigenvalue weighted by molar-refractivity contribution is 7.88. The zero-order chi connectivity index (χ0) is 16.9. The van der Waals surface area contributed by atoms with E-state index in [9.17, 15) is 8.42 Å². The van der Waals surface area contributed by atoms with E-state index in [1.807, 2.05) is 6.20 Å². The monoisotopic (exact) mass is 342 g/mol. The van der Waals surface area contributed by atoms with E-state index >= 15 is 0 Å². The van der Waals surface area contributed by atoms with E-state index < -0.39 is 10.0 Å². The van der Waals surface area contributed by atoms with Gasteiger partial charge in [-0.1, -0.05) is 26.7 Å². The zero-order valence-electron chi connectivity index (χ0n) is 14.5. The maximum Gasteiger partial charge on any atom is 0.209 e. The number of aryl methyl sites for hydroxylation is 1. The molecule has 0 bridgehead atoms. The number of aromatic amines is 1. The van der Waals surface area contributed by atoms with Crippen LogP contribution in [0.25, 0.3) is 0 Å². The van der Waals surface area contributed by atoms with Gasteiger partial charge in [-0.15, -0.1) is 0 Å². The zero-order valence-corrected chi connectivity index (χ0v) is 15.3. The summed E-state index contributed by atoms with van der Waals surface area (Å²) in [4.78, 5) is 10.1. The van der Waals surface area contributed by atoms with Crippen LogP contribution in [0.2, 0.25) is 0 Å². The molecule has 1 fully saturated rings. The van der Waals surface area contributed by atoms with Gasteiger partial charge in [0.05, 0.1) is 6.26 Å². The van der Waals surface area contributed by atoms with Crippen molar-refractivity contribution in [3.05, 3.63) is 17.7 Å². The quantitative estimate of drug-likeness (QED) is 0.718. The molecule has 2 rings (SSSR count). The number of hydrogen-bond acceptors (Lipinski definition) is 4. The van der Waals surface area contributed by atoms with Crippen LogP contribution in [-0.2, 0) is 23.0 Å². The van der Waals surface area contributed by atoms with E-state index in [1.54, 1.807) is 0 Å². The van der Waals surface area contributed by atoms with Crippen molar-refractivity contribution in [2.24, 2.45) is 5.92 Å². The molecule has 1 saturated heterocycles. The van der Waals surface area contributed by atoms with Gasteiger partial charge in [0.25, 0.3) is 0 Å². The molecule has 0 unspecified atom stereocenters. The second kappa shape index (κ2) is 8.26. The van der Waals surface area contributed by atoms with Gasteiger partial charge in [0.2, 0.25) is 10.0 Å². The predicted octanol–water partition coefficient (Wildman–Crippen LogP) is 1.90. The first kappa shape index (κ1) is 18.4. The van der Waals surface area contributed by atoms with Gasteiger partial charge < -0.3 is 4.98 Å². The third-order valence-electron chi connectivity index (χ3n) is 4.38. The van der Waals surface area contributed by atoms with Gasteiger partial charge in [-0.3, -0.25) is 4.90 Å². The number of imidazole rings is 1. The fourth-order valence-electron chi connectivity index (χ4n) is 3.36. The van der Waals surface area contributed by atoms with Gasteiger partial charge in [-0.25, -0.2) is 18.1 Å². The maximum atomic E-state index is 11.6. The Morgan fingerprint density at radius 3 is 2.78 bits per heavy atom. The minimum atomic E-state index is -3.16. The summed E-state index contributed by atoms with van der Waals surface area (Å²) in [6.45, 7) is 6.83. The van der Waals surface area contributed by atoms with Gasteiger partial charge in [0.1, 0.15) is 5.82 Å². The van der Waals surface area contributed by atoms with E-state index in [0.29, 0.717) is 5.92 Å². The summed E-state index contributed by atoms with van der Waals surface area (Å²) in [6.07, 6.45) is 8.59. The standard InChI is InChI=1S/C16H30N4O2S/c1-4-6-8-16-17-9-14(18-16)11-20-10-13(7-5-2)15(12-20)19-23(3,21)22/h9,13,15,19H,4-8,10-12H2,1-3H3,(H,17,18)/t13-,15-/m0/s1. The van der Waals surface area contributed by atoms with Crippen LogP contribution in [0.4, 0.5) is 0 Å². The highest BCUT2D eigenvalue weighted by atomic mass is 32.2. The van der Waals surface area contributed by atoms with Crippen LogP contribution in [0.3, 0.4) is 0 Å². The molecule has 0 radical (unpaired) electrons. The summed E-state index contributed by atoms with van der Waals surface area (Å²) < 4.78 is 25.9. The van der Waals surface area contributed by atoms with Crippen molar-refractivity contribution in [1.82, 2.24) is 19.6 Å². The van der Waals surface area contributed by atoms with Crippen molar-refractivity contribution in [1.29, 1.82) is 0 Å².